The molecule has 1 unspecified atom stereocenters. The van der Waals surface area contributed by atoms with Gasteiger partial charge in [0.25, 0.3) is 0 Å². The normalized spacial score (nSPS) is 14.2. The van der Waals surface area contributed by atoms with Crippen molar-refractivity contribution in [2.45, 2.75) is 18.7 Å². The van der Waals surface area contributed by atoms with Crippen molar-refractivity contribution in [2.75, 3.05) is 0 Å². The lowest BCUT2D eigenvalue weighted by Crippen LogP contribution is -1.97. The van der Waals surface area contributed by atoms with Crippen molar-refractivity contribution in [2.24, 2.45) is 8.73 Å². The van der Waals surface area contributed by atoms with E-state index in [-0.39, 0.29) is 5.38 Å². The molecule has 5 nitrogen and oxygen atoms in total. The second-order valence-electron chi connectivity index (χ2n) is 4.11. The summed E-state index contributed by atoms with van der Waals surface area (Å²) in [6.45, 7) is 1.98. The Labute approximate surface area is 133 Å². The van der Waals surface area contributed by atoms with E-state index >= 15 is 0 Å². The van der Waals surface area contributed by atoms with Crippen LogP contribution in [0.15, 0.2) is 21.0 Å². The molecule has 0 N–H and O–H groups in total. The van der Waals surface area contributed by atoms with Gasteiger partial charge < -0.3 is 0 Å². The standard InChI is InChI=1S/C11H8Cl3N5S/c1-2-5(12)8-4-19(18-15-8)11-7(14)3-6(13)9-10(11)17-20-16-9/h3-5H,2H2,1H3. The second kappa shape index (κ2) is 5.44. The molecule has 1 atom stereocenters. The number of hydrogen-bond donors (Lipinski definition) is 0. The van der Waals surface area contributed by atoms with Crippen LogP contribution in [0, 0.1) is 0 Å². The fourth-order valence-corrected chi connectivity index (χ4v) is 3.11. The third-order valence-electron chi connectivity index (χ3n) is 2.84. The van der Waals surface area contributed by atoms with E-state index in [1.807, 2.05) is 6.92 Å². The van der Waals surface area contributed by atoms with Gasteiger partial charge in [0, 0.05) is 0 Å². The Kier molecular flexibility index (Phi) is 3.81. The number of nitrogens with zero attached hydrogens (tertiary/aromatic N) is 5. The molecule has 3 rings (SSSR count). The van der Waals surface area contributed by atoms with Crippen LogP contribution in [0.25, 0.3) is 5.69 Å². The quantitative estimate of drug-likeness (QED) is 0.626. The third kappa shape index (κ3) is 2.26. The summed E-state index contributed by atoms with van der Waals surface area (Å²) in [5.74, 6) is 0. The number of benzene rings is 1. The molecule has 0 aliphatic carbocycles. The van der Waals surface area contributed by atoms with Crippen molar-refractivity contribution in [1.82, 2.24) is 15.0 Å². The molecule has 0 saturated carbocycles. The minimum absolute atomic E-state index is 0.182. The van der Waals surface area contributed by atoms with Gasteiger partial charge in [0.2, 0.25) is 0 Å². The van der Waals surface area contributed by atoms with Crippen LogP contribution in [-0.2, 0) is 11.4 Å². The molecule has 9 heteroatoms. The lowest BCUT2D eigenvalue weighted by molar-refractivity contribution is 0.786. The average Bonchev–Trinajstić information content (AvgIpc) is 3.07. The Morgan fingerprint density at radius 1 is 1.25 bits per heavy atom. The van der Waals surface area contributed by atoms with E-state index in [9.17, 15) is 0 Å². The van der Waals surface area contributed by atoms with Crippen LogP contribution in [-0.4, -0.2) is 15.0 Å². The molecule has 0 bridgehead atoms. The van der Waals surface area contributed by atoms with Crippen LogP contribution in [0.2, 0.25) is 10.0 Å². The highest BCUT2D eigenvalue weighted by Gasteiger charge is 2.22. The van der Waals surface area contributed by atoms with Crippen molar-refractivity contribution in [3.05, 3.63) is 28.0 Å². The zero-order valence-electron chi connectivity index (χ0n) is 10.2. The summed E-state index contributed by atoms with van der Waals surface area (Å²) in [5.41, 5.74) is 2.51. The number of halogens is 3. The Morgan fingerprint density at radius 3 is 2.75 bits per heavy atom. The lowest BCUT2D eigenvalue weighted by Gasteiger charge is -2.08. The molecule has 0 fully saturated rings. The van der Waals surface area contributed by atoms with Gasteiger partial charge in [-0.15, -0.1) is 16.7 Å². The number of alkyl halides is 1. The van der Waals surface area contributed by atoms with E-state index in [0.29, 0.717) is 32.8 Å². The van der Waals surface area contributed by atoms with Crippen LogP contribution >= 0.6 is 34.8 Å². The van der Waals surface area contributed by atoms with Crippen LogP contribution < -0.4 is 0 Å². The largest absolute Gasteiger partial charge is 0.217 e. The summed E-state index contributed by atoms with van der Waals surface area (Å²) in [4.78, 5) is 0. The van der Waals surface area contributed by atoms with Gasteiger partial charge in [0.15, 0.2) is 0 Å². The van der Waals surface area contributed by atoms with Crippen molar-refractivity contribution in [1.29, 1.82) is 0 Å². The van der Waals surface area contributed by atoms with E-state index in [0.717, 1.165) is 17.8 Å². The summed E-state index contributed by atoms with van der Waals surface area (Å²) < 4.78 is 9.95. The second-order valence-corrected chi connectivity index (χ2v) is 5.98. The van der Waals surface area contributed by atoms with Crippen molar-refractivity contribution in [3.8, 4) is 5.69 Å². The SMILES string of the molecule is CCC(Cl)c1cn(-c2c(Cl)cc(Cl)c3c2N=S=N3)nn1. The van der Waals surface area contributed by atoms with Gasteiger partial charge in [-0.25, -0.2) is 4.68 Å². The van der Waals surface area contributed by atoms with Crippen LogP contribution in [0.3, 0.4) is 0 Å². The summed E-state index contributed by atoms with van der Waals surface area (Å²) in [6, 6.07) is 1.63. The Hall–Kier alpha value is -0.950. The van der Waals surface area contributed by atoms with Crippen molar-refractivity contribution < 1.29 is 0 Å². The van der Waals surface area contributed by atoms with E-state index in [1.165, 1.54) is 0 Å². The molecule has 104 valence electrons. The number of hydrogen-bond acceptors (Lipinski definition) is 4. The molecule has 1 aromatic carbocycles. The van der Waals surface area contributed by atoms with E-state index in [1.54, 1.807) is 16.9 Å². The molecule has 0 radical (unpaired) electrons. The predicted octanol–water partition coefficient (Wildman–Crippen LogP) is 4.99. The highest BCUT2D eigenvalue weighted by molar-refractivity contribution is 7.58. The molecule has 20 heavy (non-hydrogen) atoms. The molecule has 0 spiro atoms. The zero-order chi connectivity index (χ0) is 14.3. The van der Waals surface area contributed by atoms with Gasteiger partial charge >= 0.3 is 0 Å². The molecular weight excluding hydrogens is 341 g/mol. The summed E-state index contributed by atoms with van der Waals surface area (Å²) in [6.07, 6.45) is 2.51. The van der Waals surface area contributed by atoms with E-state index in [4.69, 9.17) is 34.8 Å². The maximum Gasteiger partial charge on any atom is 0.133 e. The van der Waals surface area contributed by atoms with E-state index < -0.39 is 0 Å². The summed E-state index contributed by atoms with van der Waals surface area (Å²) in [7, 11) is 0. The molecule has 1 aliphatic rings. The topological polar surface area (TPSA) is 55.4 Å². The zero-order valence-corrected chi connectivity index (χ0v) is 13.3. The van der Waals surface area contributed by atoms with Crippen molar-refractivity contribution in [3.63, 3.8) is 0 Å². The Bertz CT molecular complexity index is 751. The summed E-state index contributed by atoms with van der Waals surface area (Å²) in [5, 5.41) is 8.85. The minimum atomic E-state index is -0.182. The Balaban J connectivity index is 2.14. The van der Waals surface area contributed by atoms with Gasteiger partial charge in [-0.2, -0.15) is 8.73 Å². The number of rotatable bonds is 3. The third-order valence-corrected chi connectivity index (χ3v) is 4.48. The fourth-order valence-electron chi connectivity index (χ4n) is 1.82. The van der Waals surface area contributed by atoms with Crippen LogP contribution in [0.4, 0.5) is 11.4 Å². The van der Waals surface area contributed by atoms with Gasteiger partial charge in [0.1, 0.15) is 22.8 Å². The first-order valence-electron chi connectivity index (χ1n) is 5.78. The first kappa shape index (κ1) is 14.0. The monoisotopic (exact) mass is 347 g/mol. The average molecular weight is 349 g/mol. The molecule has 2 heterocycles. The fraction of sp³-hybridized carbons (Fsp3) is 0.273. The molecular formula is C11H8Cl3N5S. The molecule has 0 saturated heterocycles. The first-order chi connectivity index (χ1) is 9.61. The van der Waals surface area contributed by atoms with Crippen molar-refractivity contribution >= 4 is 57.5 Å². The molecule has 2 aromatic rings. The first-order valence-corrected chi connectivity index (χ1v) is 7.71. The number of fused-ring (bicyclic) bond motifs is 1. The van der Waals surface area contributed by atoms with Crippen LogP contribution in [0.5, 0.6) is 0 Å². The van der Waals surface area contributed by atoms with Gasteiger partial charge in [-0.3, -0.25) is 0 Å². The molecule has 1 aliphatic heterocycles. The molecule has 0 amide bonds. The predicted molar refractivity (Wildman–Crippen MR) is 81.8 cm³/mol. The smallest absolute Gasteiger partial charge is 0.133 e. The highest BCUT2D eigenvalue weighted by atomic mass is 35.5. The molecule has 1 aromatic heterocycles. The maximum atomic E-state index is 6.25. The highest BCUT2D eigenvalue weighted by Crippen LogP contribution is 2.46. The summed E-state index contributed by atoms with van der Waals surface area (Å²) >= 11 is 19.6. The Morgan fingerprint density at radius 2 is 2.00 bits per heavy atom. The maximum absolute atomic E-state index is 6.25. The van der Waals surface area contributed by atoms with Crippen LogP contribution in [0.1, 0.15) is 24.4 Å². The van der Waals surface area contributed by atoms with Gasteiger partial charge in [-0.05, 0) is 12.5 Å². The number of aromatic nitrogens is 3. The van der Waals surface area contributed by atoms with Gasteiger partial charge in [-0.1, -0.05) is 35.3 Å². The van der Waals surface area contributed by atoms with Gasteiger partial charge in [0.05, 0.1) is 33.0 Å². The van der Waals surface area contributed by atoms with E-state index in [2.05, 4.69) is 19.0 Å². The lowest BCUT2D eigenvalue weighted by atomic mass is 10.2. The minimum Gasteiger partial charge on any atom is -0.217 e.